The highest BCUT2D eigenvalue weighted by Gasteiger charge is 2.39. The van der Waals surface area contributed by atoms with E-state index in [1.807, 2.05) is 0 Å². The Balaban J connectivity index is 1.63. The smallest absolute Gasteiger partial charge is 0.366 e. The number of fused-ring (bicyclic) bond motifs is 1. The van der Waals surface area contributed by atoms with Crippen LogP contribution in [0.2, 0.25) is 0 Å². The van der Waals surface area contributed by atoms with Gasteiger partial charge < -0.3 is 9.47 Å². The highest BCUT2D eigenvalue weighted by atomic mass is 19.4. The average molecular weight is 404 g/mol. The van der Waals surface area contributed by atoms with Crippen LogP contribution < -0.4 is 0 Å². The van der Waals surface area contributed by atoms with E-state index in [1.165, 1.54) is 0 Å². The maximum absolute atomic E-state index is 13.8. The molecule has 1 aromatic carbocycles. The minimum Gasteiger partial charge on any atom is -0.366 e. The molecule has 3 rings (SSSR count). The van der Waals surface area contributed by atoms with E-state index in [-0.39, 0.29) is 36.8 Å². The lowest BCUT2D eigenvalue weighted by Gasteiger charge is -2.32. The summed E-state index contributed by atoms with van der Waals surface area (Å²) in [5.41, 5.74) is 0.714. The van der Waals surface area contributed by atoms with Gasteiger partial charge in [0.25, 0.3) is 0 Å². The van der Waals surface area contributed by atoms with Crippen molar-refractivity contribution in [1.29, 1.82) is 0 Å². The van der Waals surface area contributed by atoms with Crippen LogP contribution in [-0.2, 0) is 25.7 Å². The quantitative estimate of drug-likeness (QED) is 0.550. The summed E-state index contributed by atoms with van der Waals surface area (Å²) in [5.74, 6) is -4.14. The van der Waals surface area contributed by atoms with Crippen LogP contribution in [0.3, 0.4) is 0 Å². The third-order valence-corrected chi connectivity index (χ3v) is 4.70. The largest absolute Gasteiger partial charge is 0.451 e. The van der Waals surface area contributed by atoms with Gasteiger partial charge in [0.1, 0.15) is 5.82 Å². The van der Waals surface area contributed by atoms with Crippen molar-refractivity contribution in [2.75, 3.05) is 6.54 Å². The zero-order valence-electron chi connectivity index (χ0n) is 15.0. The number of alkyl halides is 3. The first kappa shape index (κ1) is 20.2. The summed E-state index contributed by atoms with van der Waals surface area (Å²) in [5, 5.41) is 6.84. The molecule has 0 aliphatic carbocycles. The molecular formula is C18H18F6N4. The van der Waals surface area contributed by atoms with Gasteiger partial charge >= 0.3 is 6.18 Å². The second-order valence-electron chi connectivity index (χ2n) is 6.95. The van der Waals surface area contributed by atoms with Gasteiger partial charge in [-0.3, -0.25) is 0 Å². The monoisotopic (exact) mass is 404 g/mol. The maximum atomic E-state index is 13.8. The van der Waals surface area contributed by atoms with E-state index in [9.17, 15) is 26.3 Å². The van der Waals surface area contributed by atoms with Gasteiger partial charge in [-0.2, -0.15) is 13.2 Å². The van der Waals surface area contributed by atoms with E-state index in [2.05, 4.69) is 16.8 Å². The molecule has 0 saturated heterocycles. The summed E-state index contributed by atoms with van der Waals surface area (Å²) in [7, 11) is 0. The summed E-state index contributed by atoms with van der Waals surface area (Å²) in [6, 6.07) is 1.36. The average Bonchev–Trinajstić information content (AvgIpc) is 3.03. The van der Waals surface area contributed by atoms with Crippen molar-refractivity contribution in [3.05, 3.63) is 59.1 Å². The lowest BCUT2D eigenvalue weighted by atomic mass is 9.96. The van der Waals surface area contributed by atoms with Gasteiger partial charge in [0.2, 0.25) is 5.82 Å². The van der Waals surface area contributed by atoms with E-state index in [0.717, 1.165) is 10.6 Å². The minimum atomic E-state index is -4.56. The molecule has 2 heterocycles. The summed E-state index contributed by atoms with van der Waals surface area (Å²) >= 11 is 0. The first-order valence-electron chi connectivity index (χ1n) is 8.61. The molecule has 0 saturated carbocycles. The van der Waals surface area contributed by atoms with E-state index in [0.29, 0.717) is 24.7 Å². The molecule has 0 N–H and O–H groups in total. The number of rotatable bonds is 5. The van der Waals surface area contributed by atoms with Crippen LogP contribution in [0.4, 0.5) is 26.3 Å². The lowest BCUT2D eigenvalue weighted by molar-refractivity contribution is -0.147. The van der Waals surface area contributed by atoms with E-state index >= 15 is 0 Å². The zero-order chi connectivity index (χ0) is 20.6. The summed E-state index contributed by atoms with van der Waals surface area (Å²) in [6.07, 6.45) is -3.98. The molecule has 2 aromatic rings. The van der Waals surface area contributed by atoms with Gasteiger partial charge in [-0.05, 0) is 30.4 Å². The fraction of sp³-hybridized carbons (Fsp3) is 0.444. The van der Waals surface area contributed by atoms with Gasteiger partial charge in [-0.1, -0.05) is 13.5 Å². The second kappa shape index (κ2) is 7.48. The van der Waals surface area contributed by atoms with Crippen molar-refractivity contribution in [2.45, 2.75) is 39.0 Å². The van der Waals surface area contributed by atoms with E-state index in [4.69, 9.17) is 0 Å². The number of halogens is 6. The zero-order valence-corrected chi connectivity index (χ0v) is 15.0. The SMILES string of the molecule is C=C(CC(C)Cc1cc(F)c(F)cc1F)N1CCn2c(nnc2C(F)(F)F)C1. The van der Waals surface area contributed by atoms with Gasteiger partial charge in [-0.25, -0.2) is 13.2 Å². The van der Waals surface area contributed by atoms with Crippen molar-refractivity contribution in [3.63, 3.8) is 0 Å². The second-order valence-corrected chi connectivity index (χ2v) is 6.95. The molecule has 1 aliphatic heterocycles. The van der Waals surface area contributed by atoms with Crippen LogP contribution >= 0.6 is 0 Å². The number of nitrogens with zero attached hydrogens (tertiary/aromatic N) is 4. The molecule has 0 spiro atoms. The highest BCUT2D eigenvalue weighted by Crippen LogP contribution is 2.30. The molecule has 0 bridgehead atoms. The van der Waals surface area contributed by atoms with Crippen LogP contribution in [0.15, 0.2) is 24.4 Å². The Kier molecular flexibility index (Phi) is 5.40. The molecule has 4 nitrogen and oxygen atoms in total. The highest BCUT2D eigenvalue weighted by molar-refractivity contribution is 5.21. The normalized spacial score (nSPS) is 15.5. The van der Waals surface area contributed by atoms with Crippen LogP contribution in [0.25, 0.3) is 0 Å². The lowest BCUT2D eigenvalue weighted by Crippen LogP contribution is -2.35. The van der Waals surface area contributed by atoms with E-state index < -0.39 is 29.5 Å². The predicted octanol–water partition coefficient (Wildman–Crippen LogP) is 4.31. The Morgan fingerprint density at radius 2 is 1.79 bits per heavy atom. The third kappa shape index (κ3) is 4.15. The van der Waals surface area contributed by atoms with Crippen molar-refractivity contribution in [1.82, 2.24) is 19.7 Å². The van der Waals surface area contributed by atoms with Gasteiger partial charge in [0, 0.05) is 24.9 Å². The van der Waals surface area contributed by atoms with Crippen molar-refractivity contribution < 1.29 is 26.3 Å². The van der Waals surface area contributed by atoms with Crippen molar-refractivity contribution >= 4 is 0 Å². The molecule has 0 fully saturated rings. The molecule has 1 aliphatic rings. The minimum absolute atomic E-state index is 0.0624. The Bertz CT molecular complexity index is 889. The number of hydrogen-bond donors (Lipinski definition) is 0. The van der Waals surface area contributed by atoms with Crippen LogP contribution in [0.1, 0.15) is 30.6 Å². The van der Waals surface area contributed by atoms with Crippen LogP contribution in [0.5, 0.6) is 0 Å². The Morgan fingerprint density at radius 1 is 1.11 bits per heavy atom. The third-order valence-electron chi connectivity index (χ3n) is 4.70. The molecular weight excluding hydrogens is 386 g/mol. The molecule has 0 amide bonds. The summed E-state index contributed by atoms with van der Waals surface area (Å²) < 4.78 is 79.9. The summed E-state index contributed by atoms with van der Waals surface area (Å²) in [4.78, 5) is 1.79. The fourth-order valence-electron chi connectivity index (χ4n) is 3.34. The number of hydrogen-bond acceptors (Lipinski definition) is 3. The van der Waals surface area contributed by atoms with Crippen molar-refractivity contribution in [2.24, 2.45) is 5.92 Å². The Morgan fingerprint density at radius 3 is 2.46 bits per heavy atom. The number of aromatic nitrogens is 3. The first-order valence-corrected chi connectivity index (χ1v) is 8.61. The number of allylic oxidation sites excluding steroid dienone is 1. The molecule has 1 unspecified atom stereocenters. The maximum Gasteiger partial charge on any atom is 0.451 e. The van der Waals surface area contributed by atoms with Gasteiger partial charge in [0.05, 0.1) is 6.54 Å². The van der Waals surface area contributed by atoms with Crippen LogP contribution in [0, 0.1) is 23.4 Å². The van der Waals surface area contributed by atoms with E-state index in [1.54, 1.807) is 11.8 Å². The van der Waals surface area contributed by atoms with Gasteiger partial charge in [0.15, 0.2) is 17.5 Å². The Hall–Kier alpha value is -2.52. The fourth-order valence-corrected chi connectivity index (χ4v) is 3.34. The Labute approximate surface area is 157 Å². The van der Waals surface area contributed by atoms with Crippen molar-refractivity contribution in [3.8, 4) is 0 Å². The topological polar surface area (TPSA) is 34.0 Å². The standard InChI is InChI=1S/C18H18F6N4/c1-10(6-12-7-14(20)15(21)8-13(12)19)5-11(2)27-3-4-28-16(9-27)25-26-17(28)18(22,23)24/h7-8,10H,2-6,9H2,1H3. The number of benzene rings is 1. The summed E-state index contributed by atoms with van der Waals surface area (Å²) in [6.45, 7) is 6.28. The molecule has 10 heteroatoms. The molecule has 0 radical (unpaired) electrons. The van der Waals surface area contributed by atoms with Crippen LogP contribution in [-0.4, -0.2) is 26.2 Å². The van der Waals surface area contributed by atoms with Gasteiger partial charge in [-0.15, -0.1) is 10.2 Å². The molecule has 1 atom stereocenters. The molecule has 28 heavy (non-hydrogen) atoms. The first-order chi connectivity index (χ1) is 13.1. The molecule has 152 valence electrons. The molecule has 1 aromatic heterocycles. The predicted molar refractivity (Wildman–Crippen MR) is 88.4 cm³/mol.